The number of rotatable bonds is 1. The second-order valence-corrected chi connectivity index (χ2v) is 2.73. The first-order chi connectivity index (χ1) is 6.27. The molecule has 2 N–H and O–H groups in total. The molecule has 0 radical (unpaired) electrons. The van der Waals surface area contributed by atoms with E-state index in [2.05, 4.69) is 9.98 Å². The molecule has 1 aliphatic heterocycles. The fourth-order valence-corrected chi connectivity index (χ4v) is 1.07. The molecule has 13 heavy (non-hydrogen) atoms. The van der Waals surface area contributed by atoms with E-state index in [1.807, 2.05) is 6.92 Å². The SMILES string of the molecule is Cc1coc(N2C=CC=NC2N)n1. The summed E-state index contributed by atoms with van der Waals surface area (Å²) in [6.07, 6.45) is 6.35. The van der Waals surface area contributed by atoms with Gasteiger partial charge in [-0.2, -0.15) is 4.98 Å². The Balaban J connectivity index is 2.26. The largest absolute Gasteiger partial charge is 0.431 e. The standard InChI is InChI=1S/C8H10N4O/c1-6-5-13-8(11-6)12-4-2-3-10-7(12)9/h2-5,7H,9H2,1H3. The number of aliphatic imine (C=N–C) groups is 1. The molecule has 1 aliphatic rings. The van der Waals surface area contributed by atoms with Crippen LogP contribution < -0.4 is 10.6 Å². The monoisotopic (exact) mass is 178 g/mol. The smallest absolute Gasteiger partial charge is 0.304 e. The van der Waals surface area contributed by atoms with Gasteiger partial charge in [0, 0.05) is 12.4 Å². The number of allylic oxidation sites excluding steroid dienone is 1. The van der Waals surface area contributed by atoms with Crippen molar-refractivity contribution in [1.29, 1.82) is 0 Å². The summed E-state index contributed by atoms with van der Waals surface area (Å²) >= 11 is 0. The summed E-state index contributed by atoms with van der Waals surface area (Å²) in [7, 11) is 0. The number of aromatic nitrogens is 1. The molecular formula is C8H10N4O. The number of hydrogen-bond acceptors (Lipinski definition) is 5. The Hall–Kier alpha value is -1.62. The van der Waals surface area contributed by atoms with Crippen LogP contribution in [-0.2, 0) is 0 Å². The van der Waals surface area contributed by atoms with Crippen LogP contribution in [0.2, 0.25) is 0 Å². The highest BCUT2D eigenvalue weighted by Gasteiger charge is 2.16. The first-order valence-electron chi connectivity index (χ1n) is 3.93. The van der Waals surface area contributed by atoms with E-state index in [0.29, 0.717) is 6.01 Å². The molecule has 5 heteroatoms. The van der Waals surface area contributed by atoms with E-state index in [-0.39, 0.29) is 0 Å². The van der Waals surface area contributed by atoms with Gasteiger partial charge in [0.1, 0.15) is 6.26 Å². The third kappa shape index (κ3) is 1.46. The van der Waals surface area contributed by atoms with Crippen molar-refractivity contribution in [2.24, 2.45) is 10.7 Å². The summed E-state index contributed by atoms with van der Waals surface area (Å²) in [6.45, 7) is 1.86. The first-order valence-corrected chi connectivity index (χ1v) is 3.93. The zero-order chi connectivity index (χ0) is 9.26. The molecule has 0 spiro atoms. The average molecular weight is 178 g/mol. The Morgan fingerprint density at radius 3 is 3.08 bits per heavy atom. The molecule has 0 aliphatic carbocycles. The summed E-state index contributed by atoms with van der Waals surface area (Å²) in [4.78, 5) is 9.79. The predicted molar refractivity (Wildman–Crippen MR) is 49.3 cm³/mol. The van der Waals surface area contributed by atoms with Gasteiger partial charge in [0.25, 0.3) is 0 Å². The maximum atomic E-state index is 5.70. The van der Waals surface area contributed by atoms with Crippen molar-refractivity contribution in [1.82, 2.24) is 4.98 Å². The number of nitrogens with two attached hydrogens (primary N) is 1. The average Bonchev–Trinajstić information content (AvgIpc) is 2.53. The van der Waals surface area contributed by atoms with Crippen LogP contribution in [0.5, 0.6) is 0 Å². The Morgan fingerprint density at radius 1 is 1.62 bits per heavy atom. The Labute approximate surface area is 75.6 Å². The lowest BCUT2D eigenvalue weighted by molar-refractivity contribution is 0.527. The Morgan fingerprint density at radius 2 is 2.46 bits per heavy atom. The molecule has 1 aromatic rings. The van der Waals surface area contributed by atoms with Crippen molar-refractivity contribution in [2.75, 3.05) is 4.90 Å². The molecule has 1 aromatic heterocycles. The van der Waals surface area contributed by atoms with Gasteiger partial charge in [-0.3, -0.25) is 15.6 Å². The van der Waals surface area contributed by atoms with Gasteiger partial charge in [-0.1, -0.05) is 0 Å². The molecule has 1 unspecified atom stereocenters. The van der Waals surface area contributed by atoms with Gasteiger partial charge in [-0.05, 0) is 13.0 Å². The summed E-state index contributed by atoms with van der Waals surface area (Å²) in [5.74, 6) is 0. The van der Waals surface area contributed by atoms with Gasteiger partial charge in [0.15, 0.2) is 6.29 Å². The second kappa shape index (κ2) is 3.02. The second-order valence-electron chi connectivity index (χ2n) is 2.73. The number of anilines is 1. The molecule has 0 amide bonds. The van der Waals surface area contributed by atoms with Crippen molar-refractivity contribution in [3.05, 3.63) is 24.2 Å². The first kappa shape index (κ1) is 8.00. The molecule has 2 heterocycles. The van der Waals surface area contributed by atoms with E-state index < -0.39 is 6.29 Å². The van der Waals surface area contributed by atoms with Crippen molar-refractivity contribution >= 4 is 12.2 Å². The van der Waals surface area contributed by atoms with Gasteiger partial charge in [0.05, 0.1) is 5.69 Å². The van der Waals surface area contributed by atoms with Gasteiger partial charge < -0.3 is 4.42 Å². The van der Waals surface area contributed by atoms with Crippen LogP contribution in [0.3, 0.4) is 0 Å². The number of oxazole rings is 1. The Kier molecular flexibility index (Phi) is 1.86. The van der Waals surface area contributed by atoms with Gasteiger partial charge in [-0.15, -0.1) is 0 Å². The van der Waals surface area contributed by atoms with Crippen molar-refractivity contribution in [3.8, 4) is 0 Å². The van der Waals surface area contributed by atoms with Crippen LogP contribution in [-0.4, -0.2) is 17.5 Å². The van der Waals surface area contributed by atoms with Gasteiger partial charge >= 0.3 is 6.01 Å². The minimum absolute atomic E-state index is 0.442. The summed E-state index contributed by atoms with van der Waals surface area (Å²) in [5, 5.41) is 0. The lowest BCUT2D eigenvalue weighted by atomic mass is 10.5. The normalized spacial score (nSPS) is 21.1. The maximum absolute atomic E-state index is 5.70. The van der Waals surface area contributed by atoms with Crippen LogP contribution >= 0.6 is 0 Å². The van der Waals surface area contributed by atoms with Crippen molar-refractivity contribution < 1.29 is 4.42 Å². The zero-order valence-electron chi connectivity index (χ0n) is 7.21. The fourth-order valence-electron chi connectivity index (χ4n) is 1.07. The molecule has 5 nitrogen and oxygen atoms in total. The number of nitrogens with zero attached hydrogens (tertiary/aromatic N) is 3. The van der Waals surface area contributed by atoms with Gasteiger partial charge in [0.2, 0.25) is 0 Å². The highest BCUT2D eigenvalue weighted by molar-refractivity contribution is 5.73. The van der Waals surface area contributed by atoms with Crippen LogP contribution in [0, 0.1) is 6.92 Å². The van der Waals surface area contributed by atoms with Crippen LogP contribution in [0.15, 0.2) is 27.9 Å². The summed E-state index contributed by atoms with van der Waals surface area (Å²) in [5.41, 5.74) is 6.52. The van der Waals surface area contributed by atoms with Crippen LogP contribution in [0.1, 0.15) is 5.69 Å². The fraction of sp³-hybridized carbons (Fsp3) is 0.250. The van der Waals surface area contributed by atoms with E-state index >= 15 is 0 Å². The number of aryl methyl sites for hydroxylation is 1. The van der Waals surface area contributed by atoms with Crippen molar-refractivity contribution in [2.45, 2.75) is 13.2 Å². The van der Waals surface area contributed by atoms with E-state index in [1.165, 1.54) is 0 Å². The molecule has 68 valence electrons. The van der Waals surface area contributed by atoms with Crippen LogP contribution in [0.25, 0.3) is 0 Å². The van der Waals surface area contributed by atoms with Crippen LogP contribution in [0.4, 0.5) is 6.01 Å². The van der Waals surface area contributed by atoms with E-state index in [0.717, 1.165) is 5.69 Å². The Bertz CT molecular complexity index is 355. The third-order valence-corrected chi connectivity index (χ3v) is 1.68. The molecule has 1 atom stereocenters. The topological polar surface area (TPSA) is 67.7 Å². The van der Waals surface area contributed by atoms with E-state index in [4.69, 9.17) is 10.2 Å². The lowest BCUT2D eigenvalue weighted by Crippen LogP contribution is -2.38. The van der Waals surface area contributed by atoms with E-state index in [1.54, 1.807) is 29.7 Å². The molecular weight excluding hydrogens is 168 g/mol. The highest BCUT2D eigenvalue weighted by atomic mass is 16.4. The summed E-state index contributed by atoms with van der Waals surface area (Å²) in [6, 6.07) is 0.470. The molecule has 0 saturated heterocycles. The molecule has 0 aromatic carbocycles. The highest BCUT2D eigenvalue weighted by Crippen LogP contribution is 2.16. The summed E-state index contributed by atoms with van der Waals surface area (Å²) < 4.78 is 5.18. The number of hydrogen-bond donors (Lipinski definition) is 1. The molecule has 0 bridgehead atoms. The zero-order valence-corrected chi connectivity index (χ0v) is 7.21. The molecule has 0 saturated carbocycles. The quantitative estimate of drug-likeness (QED) is 0.684. The molecule has 0 fully saturated rings. The van der Waals surface area contributed by atoms with E-state index in [9.17, 15) is 0 Å². The molecule has 2 rings (SSSR count). The maximum Gasteiger partial charge on any atom is 0.304 e. The van der Waals surface area contributed by atoms with Gasteiger partial charge in [-0.25, -0.2) is 0 Å². The van der Waals surface area contributed by atoms with Crippen molar-refractivity contribution in [3.63, 3.8) is 0 Å². The minimum atomic E-state index is -0.442. The predicted octanol–water partition coefficient (Wildman–Crippen LogP) is 0.630. The minimum Gasteiger partial charge on any atom is -0.431 e. The lowest BCUT2D eigenvalue weighted by Gasteiger charge is -2.21. The third-order valence-electron chi connectivity index (χ3n) is 1.68.